The Kier molecular flexibility index (Phi) is 19.3. The molecule has 0 spiro atoms. The molecule has 0 amide bonds. The van der Waals surface area contributed by atoms with E-state index >= 15 is 4.39 Å². The third-order valence-corrected chi connectivity index (χ3v) is 9.88. The largest absolute Gasteiger partial charge is 0.492 e. The fraction of sp³-hybridized carbons (Fsp3) is 0.511. The molecule has 2 aromatic carbocycles. The molecule has 1 aliphatic rings. The van der Waals surface area contributed by atoms with Crippen molar-refractivity contribution in [2.45, 2.75) is 98.3 Å². The van der Waals surface area contributed by atoms with Crippen molar-refractivity contribution in [3.63, 3.8) is 0 Å². The first kappa shape index (κ1) is 47.8. The van der Waals surface area contributed by atoms with Gasteiger partial charge in [-0.3, -0.25) is 0 Å². The van der Waals surface area contributed by atoms with Crippen LogP contribution in [-0.4, -0.2) is 75.5 Å². The van der Waals surface area contributed by atoms with Gasteiger partial charge in [0, 0.05) is 28.3 Å². The third-order valence-electron chi connectivity index (χ3n) is 9.88. The number of hydrogen-bond acceptors (Lipinski definition) is 13. The van der Waals surface area contributed by atoms with Crippen LogP contribution in [0, 0.1) is 17.2 Å². The van der Waals surface area contributed by atoms with E-state index in [1.54, 1.807) is 6.07 Å². The number of hydrogen-bond donors (Lipinski definition) is 0. The van der Waals surface area contributed by atoms with Crippen molar-refractivity contribution < 1.29 is 66.3 Å². The molecule has 0 aromatic heterocycles. The number of benzene rings is 2. The standard InChI is InChI=1S/C45H57FO13/c1-8-11-12-13-14-31-15-17-32(18-16-31)33-19-21-35(37(46)23-33)36-22-20-34(24-38(36)59-40(48)30(6)7)55-25-45(26-56-39(47)29(4)5,27-57-43(51)41(49)53-9-2)28-58-44(52)42(50)54-10-3/h19-24,31-32H,4,6,8-18,25-28H2,1-3,5,7H3. The summed E-state index contributed by atoms with van der Waals surface area (Å²) in [6.07, 6.45) is 10.4. The highest BCUT2D eigenvalue weighted by Gasteiger charge is 2.39. The number of carbonyl (C=O) groups excluding carboxylic acids is 6. The van der Waals surface area contributed by atoms with Gasteiger partial charge >= 0.3 is 35.8 Å². The van der Waals surface area contributed by atoms with Gasteiger partial charge in [0.05, 0.1) is 13.2 Å². The van der Waals surface area contributed by atoms with Crippen LogP contribution >= 0.6 is 0 Å². The number of esters is 6. The SMILES string of the molecule is C=C(C)C(=O)OCC(COC(=O)C(=O)OCC)(COC(=O)C(=O)OCC)COc1ccc(-c2ccc(C3CCC(CCCCCC)CC3)cc2F)c(OC(=O)C(=C)C)c1. The molecule has 0 aliphatic heterocycles. The van der Waals surface area contributed by atoms with E-state index in [4.69, 9.17) is 33.2 Å². The van der Waals surface area contributed by atoms with E-state index < -0.39 is 73.5 Å². The Hall–Kier alpha value is -5.53. The second-order valence-electron chi connectivity index (χ2n) is 14.9. The highest BCUT2D eigenvalue weighted by molar-refractivity contribution is 6.30. The number of ether oxygens (including phenoxy) is 7. The van der Waals surface area contributed by atoms with Crippen molar-refractivity contribution >= 4 is 35.8 Å². The Bertz CT molecular complexity index is 1790. The van der Waals surface area contributed by atoms with Crippen LogP contribution < -0.4 is 9.47 Å². The average Bonchev–Trinajstić information content (AvgIpc) is 3.22. The maximum Gasteiger partial charge on any atom is 0.417 e. The average molecular weight is 825 g/mol. The fourth-order valence-electron chi connectivity index (χ4n) is 6.50. The minimum Gasteiger partial charge on any atom is -0.492 e. The zero-order valence-corrected chi connectivity index (χ0v) is 34.8. The lowest BCUT2D eigenvalue weighted by molar-refractivity contribution is -0.178. The lowest BCUT2D eigenvalue weighted by Crippen LogP contribution is -2.45. The Morgan fingerprint density at radius 3 is 1.71 bits per heavy atom. The lowest BCUT2D eigenvalue weighted by Gasteiger charge is -2.31. The first-order chi connectivity index (χ1) is 28.1. The first-order valence-corrected chi connectivity index (χ1v) is 20.1. The molecule has 1 fully saturated rings. The topological polar surface area (TPSA) is 167 Å². The summed E-state index contributed by atoms with van der Waals surface area (Å²) in [5.41, 5.74) is -0.366. The summed E-state index contributed by atoms with van der Waals surface area (Å²) >= 11 is 0. The predicted octanol–water partition coefficient (Wildman–Crippen LogP) is 7.92. The maximum absolute atomic E-state index is 16.0. The second kappa shape index (κ2) is 23.8. The number of rotatable bonds is 21. The summed E-state index contributed by atoms with van der Waals surface area (Å²) in [7, 11) is 0. The molecule has 0 N–H and O–H groups in total. The van der Waals surface area contributed by atoms with Crippen molar-refractivity contribution in [1.82, 2.24) is 0 Å². The molecule has 3 rings (SSSR count). The van der Waals surface area contributed by atoms with Crippen molar-refractivity contribution in [3.05, 3.63) is 72.1 Å². The zero-order chi connectivity index (χ0) is 43.5. The van der Waals surface area contributed by atoms with Crippen LogP contribution in [0.1, 0.15) is 104 Å². The van der Waals surface area contributed by atoms with E-state index in [0.717, 1.165) is 31.2 Å². The van der Waals surface area contributed by atoms with Crippen LogP contribution in [0.15, 0.2) is 60.7 Å². The molecule has 0 heterocycles. The highest BCUT2D eigenvalue weighted by atomic mass is 19.1. The number of carbonyl (C=O) groups is 6. The van der Waals surface area contributed by atoms with E-state index in [1.165, 1.54) is 84.1 Å². The molecule has 0 radical (unpaired) electrons. The molecular formula is C45H57FO13. The monoisotopic (exact) mass is 824 g/mol. The molecule has 1 aliphatic carbocycles. The Balaban J connectivity index is 1.94. The Morgan fingerprint density at radius 2 is 1.19 bits per heavy atom. The first-order valence-electron chi connectivity index (χ1n) is 20.1. The summed E-state index contributed by atoms with van der Waals surface area (Å²) in [5.74, 6) is -6.69. The molecule has 0 atom stereocenters. The summed E-state index contributed by atoms with van der Waals surface area (Å²) in [4.78, 5) is 74.4. The summed E-state index contributed by atoms with van der Waals surface area (Å²) in [5, 5.41) is 0. The van der Waals surface area contributed by atoms with Crippen LogP contribution in [0.3, 0.4) is 0 Å². The molecule has 14 heteroatoms. The van der Waals surface area contributed by atoms with Gasteiger partial charge < -0.3 is 33.2 Å². The maximum atomic E-state index is 16.0. The van der Waals surface area contributed by atoms with Crippen molar-refractivity contribution in [2.24, 2.45) is 11.3 Å². The van der Waals surface area contributed by atoms with Gasteiger partial charge in [0.15, 0.2) is 0 Å². The minimum absolute atomic E-state index is 0.00669. The summed E-state index contributed by atoms with van der Waals surface area (Å²) < 4.78 is 52.8. The van der Waals surface area contributed by atoms with E-state index in [-0.39, 0.29) is 52.9 Å². The van der Waals surface area contributed by atoms with Crippen LogP contribution in [0.5, 0.6) is 11.5 Å². The summed E-state index contributed by atoms with van der Waals surface area (Å²) in [6.45, 7) is 12.2. The van der Waals surface area contributed by atoms with Gasteiger partial charge in [-0.05, 0) is 89.0 Å². The van der Waals surface area contributed by atoms with Crippen molar-refractivity contribution in [1.29, 1.82) is 0 Å². The minimum atomic E-state index is -1.77. The molecule has 59 heavy (non-hydrogen) atoms. The smallest absolute Gasteiger partial charge is 0.417 e. The van der Waals surface area contributed by atoms with Gasteiger partial charge in [0.1, 0.15) is 49.2 Å². The number of unbranched alkanes of at least 4 members (excludes halogenated alkanes) is 3. The third kappa shape index (κ3) is 15.0. The van der Waals surface area contributed by atoms with Gasteiger partial charge in [0.2, 0.25) is 0 Å². The normalized spacial score (nSPS) is 14.9. The van der Waals surface area contributed by atoms with Gasteiger partial charge in [-0.15, -0.1) is 0 Å². The second-order valence-corrected chi connectivity index (χ2v) is 14.9. The van der Waals surface area contributed by atoms with E-state index in [2.05, 4.69) is 20.1 Å². The quantitative estimate of drug-likeness (QED) is 0.0298. The van der Waals surface area contributed by atoms with E-state index in [9.17, 15) is 28.8 Å². The number of halogens is 1. The Labute approximate surface area is 345 Å². The fourth-order valence-corrected chi connectivity index (χ4v) is 6.50. The van der Waals surface area contributed by atoms with Crippen molar-refractivity contribution in [2.75, 3.05) is 39.6 Å². The zero-order valence-electron chi connectivity index (χ0n) is 34.8. The van der Waals surface area contributed by atoms with Crippen molar-refractivity contribution in [3.8, 4) is 22.6 Å². The molecular weight excluding hydrogens is 767 g/mol. The van der Waals surface area contributed by atoms with Crippen LogP contribution in [0.25, 0.3) is 11.1 Å². The van der Waals surface area contributed by atoms with Gasteiger partial charge in [-0.1, -0.05) is 64.3 Å². The van der Waals surface area contributed by atoms with Gasteiger partial charge in [0.25, 0.3) is 0 Å². The summed E-state index contributed by atoms with van der Waals surface area (Å²) in [6, 6.07) is 9.36. The van der Waals surface area contributed by atoms with E-state index in [0.29, 0.717) is 5.92 Å². The Morgan fingerprint density at radius 1 is 0.644 bits per heavy atom. The van der Waals surface area contributed by atoms with Crippen LogP contribution in [0.4, 0.5) is 4.39 Å². The van der Waals surface area contributed by atoms with Crippen LogP contribution in [0.2, 0.25) is 0 Å². The highest BCUT2D eigenvalue weighted by Crippen LogP contribution is 2.41. The molecule has 0 bridgehead atoms. The van der Waals surface area contributed by atoms with Gasteiger partial charge in [-0.2, -0.15) is 0 Å². The molecule has 0 saturated heterocycles. The van der Waals surface area contributed by atoms with Gasteiger partial charge in [-0.25, -0.2) is 33.2 Å². The predicted molar refractivity (Wildman–Crippen MR) is 215 cm³/mol. The molecule has 2 aromatic rings. The van der Waals surface area contributed by atoms with Crippen LogP contribution in [-0.2, 0) is 52.5 Å². The molecule has 0 unspecified atom stereocenters. The van der Waals surface area contributed by atoms with E-state index in [1.807, 2.05) is 6.07 Å². The molecule has 13 nitrogen and oxygen atoms in total. The molecule has 1 saturated carbocycles. The lowest BCUT2D eigenvalue weighted by atomic mass is 9.77. The molecule has 322 valence electrons.